The van der Waals surface area contributed by atoms with Crippen molar-refractivity contribution in [2.24, 2.45) is 0 Å². The number of carboxylic acids is 1. The number of hydrogen-bond acceptors (Lipinski definition) is 3. The van der Waals surface area contributed by atoms with Crippen LogP contribution in [0.4, 0.5) is 13.2 Å². The first-order valence-electron chi connectivity index (χ1n) is 5.78. The summed E-state index contributed by atoms with van der Waals surface area (Å²) in [6, 6.07) is 1.74. The highest BCUT2D eigenvalue weighted by atomic mass is 35.5. The molecule has 2 aromatic rings. The second-order valence-electron chi connectivity index (χ2n) is 4.44. The highest BCUT2D eigenvalue weighted by Crippen LogP contribution is 2.37. The van der Waals surface area contributed by atoms with Gasteiger partial charge in [-0.05, 0) is 19.1 Å². The van der Waals surface area contributed by atoms with E-state index < -0.39 is 35.4 Å². The van der Waals surface area contributed by atoms with Gasteiger partial charge in [0.05, 0.1) is 21.6 Å². The molecule has 9 heteroatoms. The number of carbonyl (C=O) groups is 1. The molecule has 2 N–H and O–H groups in total. The Bertz CT molecular complexity index is 710. The predicted molar refractivity (Wildman–Crippen MR) is 68.0 cm³/mol. The van der Waals surface area contributed by atoms with Crippen LogP contribution in [0.1, 0.15) is 24.4 Å². The van der Waals surface area contributed by atoms with Gasteiger partial charge in [0.25, 0.3) is 0 Å². The van der Waals surface area contributed by atoms with Gasteiger partial charge in [0, 0.05) is 0 Å². The predicted octanol–water partition coefficient (Wildman–Crippen LogP) is 2.85. The van der Waals surface area contributed by atoms with Gasteiger partial charge in [0.2, 0.25) is 0 Å². The Hall–Kier alpha value is -1.80. The molecule has 1 unspecified atom stereocenters. The average Bonchev–Trinajstić information content (AvgIpc) is 2.65. The van der Waals surface area contributed by atoms with Crippen molar-refractivity contribution in [3.8, 4) is 0 Å². The summed E-state index contributed by atoms with van der Waals surface area (Å²) >= 11 is 5.61. The maximum Gasteiger partial charge on any atom is 0.417 e. The van der Waals surface area contributed by atoms with Gasteiger partial charge in [0.1, 0.15) is 18.5 Å². The maximum absolute atomic E-state index is 12.8. The summed E-state index contributed by atoms with van der Waals surface area (Å²) in [4.78, 5) is 14.7. The smallest absolute Gasteiger partial charge is 0.417 e. The molecule has 0 bridgehead atoms. The van der Waals surface area contributed by atoms with Crippen molar-refractivity contribution in [1.29, 1.82) is 0 Å². The van der Waals surface area contributed by atoms with Crippen molar-refractivity contribution >= 4 is 28.6 Å². The fourth-order valence-electron chi connectivity index (χ4n) is 2.00. The molecule has 0 amide bonds. The molecule has 0 aliphatic heterocycles. The van der Waals surface area contributed by atoms with Crippen molar-refractivity contribution < 1.29 is 28.2 Å². The number of aromatic nitrogens is 2. The van der Waals surface area contributed by atoms with Crippen LogP contribution in [0.3, 0.4) is 0 Å². The van der Waals surface area contributed by atoms with Crippen LogP contribution in [-0.4, -0.2) is 25.7 Å². The molecule has 2 rings (SSSR count). The van der Waals surface area contributed by atoms with Crippen molar-refractivity contribution in [3.63, 3.8) is 0 Å². The monoisotopic (exact) mass is 322 g/mol. The Labute approximate surface area is 121 Å². The summed E-state index contributed by atoms with van der Waals surface area (Å²) in [6.45, 7) is 0.796. The van der Waals surface area contributed by atoms with E-state index in [2.05, 4.69) is 4.98 Å². The molecule has 114 valence electrons. The number of aliphatic hydroxyl groups excluding tert-OH is 1. The number of benzene rings is 1. The first kappa shape index (κ1) is 15.6. The molecule has 0 spiro atoms. The van der Waals surface area contributed by atoms with Crippen molar-refractivity contribution in [3.05, 3.63) is 28.5 Å². The summed E-state index contributed by atoms with van der Waals surface area (Å²) in [7, 11) is 0. The number of carboxylic acid groups (broad SMARTS) is 1. The Morgan fingerprint density at radius 1 is 1.48 bits per heavy atom. The van der Waals surface area contributed by atoms with E-state index in [1.54, 1.807) is 0 Å². The van der Waals surface area contributed by atoms with Gasteiger partial charge in [-0.3, -0.25) is 4.79 Å². The zero-order chi connectivity index (χ0) is 15.9. The molecule has 0 aliphatic rings. The first-order chi connectivity index (χ1) is 9.61. The summed E-state index contributed by atoms with van der Waals surface area (Å²) in [5, 5.41) is 17.9. The lowest BCUT2D eigenvalue weighted by Crippen LogP contribution is -2.13. The molecule has 1 heterocycles. The first-order valence-corrected chi connectivity index (χ1v) is 6.15. The summed E-state index contributed by atoms with van der Waals surface area (Å²) < 4.78 is 39.5. The van der Waals surface area contributed by atoms with Gasteiger partial charge in [-0.1, -0.05) is 11.6 Å². The second kappa shape index (κ2) is 5.19. The number of alkyl halides is 3. The van der Waals surface area contributed by atoms with Gasteiger partial charge in [0.15, 0.2) is 0 Å². The molecule has 21 heavy (non-hydrogen) atoms. The van der Waals surface area contributed by atoms with Crippen LogP contribution >= 0.6 is 11.6 Å². The van der Waals surface area contributed by atoms with Crippen LogP contribution in [0, 0.1) is 0 Å². The second-order valence-corrected chi connectivity index (χ2v) is 4.85. The molecule has 0 saturated heterocycles. The molecular weight excluding hydrogens is 313 g/mol. The van der Waals surface area contributed by atoms with E-state index in [1.165, 1.54) is 6.92 Å². The lowest BCUT2D eigenvalue weighted by Gasteiger charge is -2.10. The minimum atomic E-state index is -4.65. The number of aliphatic carboxylic acids is 1. The molecule has 5 nitrogen and oxygen atoms in total. The number of halogens is 4. The Kier molecular flexibility index (Phi) is 3.85. The number of aliphatic hydroxyl groups is 1. The third-order valence-corrected chi connectivity index (χ3v) is 3.15. The maximum atomic E-state index is 12.8. The van der Waals surface area contributed by atoms with E-state index in [0.717, 1.165) is 16.7 Å². The van der Waals surface area contributed by atoms with Gasteiger partial charge in [-0.15, -0.1) is 0 Å². The fourth-order valence-corrected chi connectivity index (χ4v) is 2.27. The molecule has 0 aliphatic carbocycles. The van der Waals surface area contributed by atoms with E-state index in [0.29, 0.717) is 0 Å². The Morgan fingerprint density at radius 3 is 2.57 bits per heavy atom. The number of fused-ring (bicyclic) bond motifs is 1. The normalized spacial score (nSPS) is 13.6. The topological polar surface area (TPSA) is 75.4 Å². The largest absolute Gasteiger partial charge is 0.480 e. The average molecular weight is 323 g/mol. The summed E-state index contributed by atoms with van der Waals surface area (Å²) in [5.74, 6) is -1.25. The van der Waals surface area contributed by atoms with E-state index in [9.17, 15) is 23.1 Å². The fraction of sp³-hybridized carbons (Fsp3) is 0.333. The standard InChI is InChI=1S/C12H10ClF3N2O3/c1-5(19)11-17-8-2-6(12(14,15)16)7(13)3-9(8)18(11)4-10(20)21/h2-3,5,19H,4H2,1H3,(H,20,21). The van der Waals surface area contributed by atoms with Crippen LogP contribution in [0.25, 0.3) is 11.0 Å². The lowest BCUT2D eigenvalue weighted by atomic mass is 10.2. The van der Waals surface area contributed by atoms with E-state index in [4.69, 9.17) is 16.7 Å². The molecule has 1 aromatic heterocycles. The van der Waals surface area contributed by atoms with Gasteiger partial charge in [-0.25, -0.2) is 4.98 Å². The van der Waals surface area contributed by atoms with Gasteiger partial charge < -0.3 is 14.8 Å². The highest BCUT2D eigenvalue weighted by Gasteiger charge is 2.34. The third kappa shape index (κ3) is 2.96. The van der Waals surface area contributed by atoms with Gasteiger partial charge >= 0.3 is 12.1 Å². The number of imidazole rings is 1. The van der Waals surface area contributed by atoms with Gasteiger partial charge in [-0.2, -0.15) is 13.2 Å². The zero-order valence-electron chi connectivity index (χ0n) is 10.6. The summed E-state index contributed by atoms with van der Waals surface area (Å²) in [5.41, 5.74) is -1.02. The van der Waals surface area contributed by atoms with Crippen molar-refractivity contribution in [1.82, 2.24) is 9.55 Å². The molecule has 0 saturated carbocycles. The van der Waals surface area contributed by atoms with Crippen molar-refractivity contribution in [2.75, 3.05) is 0 Å². The van der Waals surface area contributed by atoms with Crippen LogP contribution in [0.5, 0.6) is 0 Å². The molecule has 1 aromatic carbocycles. The highest BCUT2D eigenvalue weighted by molar-refractivity contribution is 6.32. The third-order valence-electron chi connectivity index (χ3n) is 2.84. The minimum Gasteiger partial charge on any atom is -0.480 e. The molecule has 0 fully saturated rings. The zero-order valence-corrected chi connectivity index (χ0v) is 11.4. The van der Waals surface area contributed by atoms with Crippen molar-refractivity contribution in [2.45, 2.75) is 25.7 Å². The lowest BCUT2D eigenvalue weighted by molar-refractivity contribution is -0.138. The van der Waals surface area contributed by atoms with Crippen LogP contribution < -0.4 is 0 Å². The molecular formula is C12H10ClF3N2O3. The Balaban J connectivity index is 2.74. The quantitative estimate of drug-likeness (QED) is 0.911. The van der Waals surface area contributed by atoms with E-state index in [1.807, 2.05) is 0 Å². The number of nitrogens with zero attached hydrogens (tertiary/aromatic N) is 2. The minimum absolute atomic E-state index is 0.0391. The van der Waals surface area contributed by atoms with Crippen LogP contribution in [0.15, 0.2) is 12.1 Å². The SMILES string of the molecule is CC(O)c1nc2cc(C(F)(F)F)c(Cl)cc2n1CC(=O)O. The van der Waals surface area contributed by atoms with E-state index in [-0.39, 0.29) is 16.9 Å². The number of hydrogen-bond donors (Lipinski definition) is 2. The Morgan fingerprint density at radius 2 is 2.10 bits per heavy atom. The number of rotatable bonds is 3. The molecule has 1 atom stereocenters. The molecule has 0 radical (unpaired) electrons. The summed E-state index contributed by atoms with van der Waals surface area (Å²) in [6.07, 6.45) is -5.78. The van der Waals surface area contributed by atoms with Crippen LogP contribution in [0.2, 0.25) is 5.02 Å². The van der Waals surface area contributed by atoms with Crippen LogP contribution in [-0.2, 0) is 17.5 Å². The van der Waals surface area contributed by atoms with E-state index >= 15 is 0 Å².